The maximum atomic E-state index is 2.30. The van der Waals surface area contributed by atoms with Gasteiger partial charge in [0.05, 0.1) is 0 Å². The summed E-state index contributed by atoms with van der Waals surface area (Å²) in [6.07, 6.45) is 12.1. The molecule has 0 spiro atoms. The van der Waals surface area contributed by atoms with Gasteiger partial charge in [-0.1, -0.05) is 101 Å². The van der Waals surface area contributed by atoms with Crippen molar-refractivity contribution in [3.8, 4) is 0 Å². The third-order valence-corrected chi connectivity index (χ3v) is 7.18. The minimum atomic E-state index is 0. The summed E-state index contributed by atoms with van der Waals surface area (Å²) in [6.45, 7) is 23.0. The molecule has 0 aliphatic heterocycles. The van der Waals surface area contributed by atoms with Crippen LogP contribution in [0.5, 0.6) is 0 Å². The molecule has 0 unspecified atom stereocenters. The van der Waals surface area contributed by atoms with Crippen LogP contribution in [0.2, 0.25) is 0 Å². The van der Waals surface area contributed by atoms with E-state index in [2.05, 4.69) is 69.2 Å². The summed E-state index contributed by atoms with van der Waals surface area (Å²) >= 11 is 0. The Bertz CT molecular complexity index is 519. The summed E-state index contributed by atoms with van der Waals surface area (Å²) in [7, 11) is 0. The molecule has 31 heavy (non-hydrogen) atoms. The van der Waals surface area contributed by atoms with Gasteiger partial charge in [0.25, 0.3) is 0 Å². The van der Waals surface area contributed by atoms with Crippen LogP contribution in [0.25, 0.3) is 0 Å². The molecule has 1 heteroatoms. The van der Waals surface area contributed by atoms with Crippen molar-refractivity contribution in [1.29, 1.82) is 0 Å². The molecule has 184 valence electrons. The Morgan fingerprint density at radius 3 is 0.774 bits per heavy atom. The molecule has 0 aliphatic rings. The Labute approximate surface area is 205 Å². The quantitative estimate of drug-likeness (QED) is 0.243. The number of hydrogen-bond acceptors (Lipinski definition) is 0. The first-order valence-corrected chi connectivity index (χ1v) is 13.1. The van der Waals surface area contributed by atoms with E-state index in [4.69, 9.17) is 0 Å². The van der Waals surface area contributed by atoms with Crippen molar-refractivity contribution in [2.45, 2.75) is 133 Å². The first-order valence-electron chi connectivity index (χ1n) is 13.1. The number of rotatable bonds is 10. The molecule has 0 aliphatic carbocycles. The summed E-state index contributed by atoms with van der Waals surface area (Å²) in [6, 6.07) is 0. The van der Waals surface area contributed by atoms with Crippen LogP contribution in [-0.2, 0) is 81.3 Å². The molecular weight excluding hydrogens is 416 g/mol. The van der Waals surface area contributed by atoms with Crippen LogP contribution in [0.15, 0.2) is 0 Å². The van der Waals surface area contributed by atoms with E-state index in [1.165, 1.54) is 64.2 Å². The molecule has 2 rings (SSSR count). The minimum Gasteiger partial charge on any atom is -0.728 e. The number of hydrogen-bond donors (Lipinski definition) is 0. The third kappa shape index (κ3) is 6.17. The van der Waals surface area contributed by atoms with E-state index in [1.807, 2.05) is 0 Å². The van der Waals surface area contributed by atoms with Gasteiger partial charge in [-0.2, -0.15) is 27.8 Å². The molecule has 0 bridgehead atoms. The van der Waals surface area contributed by atoms with Crippen LogP contribution < -0.4 is 0 Å². The van der Waals surface area contributed by atoms with Crippen LogP contribution in [0, 0.1) is 0 Å². The standard InChI is InChI=1S/2C15H25.Fe/c2*1-6-11-12(7-2)14(9-4)15(10-5)13(11)8-3;/h2*6-10H2,1-5H3;/q-5;-1;. The Hall–Kier alpha value is -0.781. The summed E-state index contributed by atoms with van der Waals surface area (Å²) in [5.74, 6) is 0. The van der Waals surface area contributed by atoms with Gasteiger partial charge in [0, 0.05) is 17.1 Å². The summed E-state index contributed by atoms with van der Waals surface area (Å²) in [5, 5.41) is 0. The summed E-state index contributed by atoms with van der Waals surface area (Å²) < 4.78 is 0. The molecule has 0 saturated carbocycles. The molecule has 0 saturated heterocycles. The smallest absolute Gasteiger partial charge is 0 e. The van der Waals surface area contributed by atoms with E-state index in [0.29, 0.717) is 0 Å². The van der Waals surface area contributed by atoms with E-state index in [9.17, 15) is 0 Å². The third-order valence-electron chi connectivity index (χ3n) is 7.18. The van der Waals surface area contributed by atoms with Crippen LogP contribution in [0.4, 0.5) is 0 Å². The van der Waals surface area contributed by atoms with Crippen molar-refractivity contribution in [1.82, 2.24) is 0 Å². The molecule has 0 atom stereocenters. The van der Waals surface area contributed by atoms with Crippen LogP contribution in [0.1, 0.15) is 125 Å². The molecule has 0 amide bonds. The Morgan fingerprint density at radius 2 is 0.645 bits per heavy atom. The second kappa shape index (κ2) is 15.1. The van der Waals surface area contributed by atoms with Gasteiger partial charge in [0.15, 0.2) is 0 Å². The normalized spacial score (nSPS) is 10.6. The van der Waals surface area contributed by atoms with Gasteiger partial charge in [-0.05, 0) is 0 Å². The van der Waals surface area contributed by atoms with Crippen molar-refractivity contribution in [3.05, 3.63) is 55.6 Å². The van der Waals surface area contributed by atoms with Gasteiger partial charge < -0.3 is 27.8 Å². The van der Waals surface area contributed by atoms with Crippen molar-refractivity contribution >= 4 is 0 Å². The fourth-order valence-corrected chi connectivity index (χ4v) is 6.09. The predicted octanol–water partition coefficient (Wildman–Crippen LogP) is 8.43. The molecule has 0 fully saturated rings. The van der Waals surface area contributed by atoms with Crippen molar-refractivity contribution in [2.75, 3.05) is 0 Å². The monoisotopic (exact) mass is 466 g/mol. The van der Waals surface area contributed by atoms with Crippen LogP contribution in [-0.4, -0.2) is 0 Å². The zero-order valence-electron chi connectivity index (χ0n) is 22.4. The maximum absolute atomic E-state index is 2.30. The predicted molar refractivity (Wildman–Crippen MR) is 138 cm³/mol. The van der Waals surface area contributed by atoms with E-state index >= 15 is 0 Å². The average Bonchev–Trinajstić information content (AvgIpc) is 3.27. The first kappa shape index (κ1) is 30.2. The maximum Gasteiger partial charge on any atom is 0 e. The van der Waals surface area contributed by atoms with Crippen molar-refractivity contribution < 1.29 is 17.1 Å². The molecule has 0 radical (unpaired) electrons. The van der Waals surface area contributed by atoms with Crippen molar-refractivity contribution in [2.24, 2.45) is 0 Å². The molecular formula is C30H50Fe-6. The second-order valence-corrected chi connectivity index (χ2v) is 8.32. The van der Waals surface area contributed by atoms with Crippen LogP contribution in [0.3, 0.4) is 0 Å². The van der Waals surface area contributed by atoms with Gasteiger partial charge >= 0.3 is 0 Å². The minimum absolute atomic E-state index is 0. The first-order chi connectivity index (χ1) is 14.5. The topological polar surface area (TPSA) is 0 Å². The van der Waals surface area contributed by atoms with Gasteiger partial charge in [-0.15, -0.1) is 0 Å². The average molecular weight is 467 g/mol. The SMILES string of the molecule is CC[c-]1[c-](CC)[c-](CC)[c-](CC)[c-]1CC.CCc1c(CC)c(CC)[c-](CC)c1CC.[Fe]. The molecule has 2 aromatic carbocycles. The van der Waals surface area contributed by atoms with E-state index < -0.39 is 0 Å². The Balaban J connectivity index is 0.000000562. The van der Waals surface area contributed by atoms with Gasteiger partial charge in [0.1, 0.15) is 0 Å². The van der Waals surface area contributed by atoms with E-state index in [0.717, 1.165) is 0 Å². The molecule has 2 aromatic rings. The fraction of sp³-hybridized carbons (Fsp3) is 0.667. The van der Waals surface area contributed by atoms with E-state index in [-0.39, 0.29) is 17.1 Å². The largest absolute Gasteiger partial charge is 0.728 e. The Morgan fingerprint density at radius 1 is 0.387 bits per heavy atom. The zero-order chi connectivity index (χ0) is 22.8. The van der Waals surface area contributed by atoms with Gasteiger partial charge in [-0.3, -0.25) is 0 Å². The van der Waals surface area contributed by atoms with Gasteiger partial charge in [0.2, 0.25) is 0 Å². The van der Waals surface area contributed by atoms with Gasteiger partial charge in [-0.25, -0.2) is 32.1 Å². The fourth-order valence-electron chi connectivity index (χ4n) is 6.09. The molecule has 0 heterocycles. The zero-order valence-corrected chi connectivity index (χ0v) is 23.5. The van der Waals surface area contributed by atoms with E-state index in [1.54, 1.807) is 55.6 Å². The molecule has 0 nitrogen and oxygen atoms in total. The van der Waals surface area contributed by atoms with Crippen LogP contribution >= 0.6 is 0 Å². The molecule has 0 N–H and O–H groups in total. The second-order valence-electron chi connectivity index (χ2n) is 8.32. The summed E-state index contributed by atoms with van der Waals surface area (Å²) in [5.41, 5.74) is 16.6. The Kier molecular flexibility index (Phi) is 14.7. The molecule has 0 aromatic heterocycles. The van der Waals surface area contributed by atoms with Crippen molar-refractivity contribution in [3.63, 3.8) is 0 Å². The summed E-state index contributed by atoms with van der Waals surface area (Å²) in [4.78, 5) is 0.